The molecule has 1 saturated heterocycles. The van der Waals surface area contributed by atoms with Crippen LogP contribution in [0.2, 0.25) is 0 Å². The minimum atomic E-state index is -0.373. The zero-order valence-corrected chi connectivity index (χ0v) is 19.6. The second-order valence-electron chi connectivity index (χ2n) is 7.41. The number of nitrogens with zero attached hydrogens (tertiary/aromatic N) is 3. The van der Waals surface area contributed by atoms with Gasteiger partial charge in [-0.2, -0.15) is 5.26 Å². The molecule has 0 aliphatic carbocycles. The van der Waals surface area contributed by atoms with Crippen molar-refractivity contribution in [2.75, 3.05) is 11.9 Å². The molecule has 8 heteroatoms. The Balaban J connectivity index is 2.08. The van der Waals surface area contributed by atoms with Crippen LogP contribution < -0.4 is 10.9 Å². The van der Waals surface area contributed by atoms with Gasteiger partial charge in [-0.3, -0.25) is 19.1 Å². The van der Waals surface area contributed by atoms with Gasteiger partial charge in [0.15, 0.2) is 0 Å². The summed E-state index contributed by atoms with van der Waals surface area (Å²) in [6.07, 6.45) is 2.54. The fourth-order valence-electron chi connectivity index (χ4n) is 3.38. The molecule has 2 aromatic rings. The zero-order valence-electron chi connectivity index (χ0n) is 18.0. The van der Waals surface area contributed by atoms with Gasteiger partial charge in [0.05, 0.1) is 4.91 Å². The van der Waals surface area contributed by atoms with Crippen molar-refractivity contribution in [3.63, 3.8) is 0 Å². The topological polar surface area (TPSA) is 78.1 Å². The van der Waals surface area contributed by atoms with E-state index >= 15 is 0 Å². The monoisotopic (exact) mass is 452 g/mol. The van der Waals surface area contributed by atoms with Crippen LogP contribution in [-0.2, 0) is 18.4 Å². The molecule has 0 saturated carbocycles. The first-order valence-electron chi connectivity index (χ1n) is 9.97. The number of aromatic nitrogens is 1. The van der Waals surface area contributed by atoms with E-state index in [1.807, 2.05) is 44.2 Å². The first kappa shape index (κ1) is 22.8. The lowest BCUT2D eigenvalue weighted by Gasteiger charge is -2.18. The van der Waals surface area contributed by atoms with Crippen LogP contribution in [0.5, 0.6) is 0 Å². The third-order valence-electron chi connectivity index (χ3n) is 5.18. The normalized spacial score (nSPS) is 14.9. The minimum Gasteiger partial charge on any atom is -0.367 e. The van der Waals surface area contributed by atoms with Crippen molar-refractivity contribution in [2.24, 2.45) is 7.05 Å². The highest BCUT2D eigenvalue weighted by atomic mass is 32.2. The number of aryl methyl sites for hydroxylation is 1. The highest BCUT2D eigenvalue weighted by molar-refractivity contribution is 8.26. The first-order chi connectivity index (χ1) is 14.8. The molecule has 1 N–H and O–H groups in total. The van der Waals surface area contributed by atoms with Gasteiger partial charge in [0, 0.05) is 25.7 Å². The van der Waals surface area contributed by atoms with Gasteiger partial charge in [0.1, 0.15) is 21.8 Å². The minimum absolute atomic E-state index is 0.0682. The second-order valence-corrected chi connectivity index (χ2v) is 9.09. The molecule has 160 valence electrons. The molecular formula is C23H24N4O2S2. The molecule has 3 rings (SSSR count). The predicted octanol–water partition coefficient (Wildman–Crippen LogP) is 4.10. The Kier molecular flexibility index (Phi) is 6.98. The van der Waals surface area contributed by atoms with Crippen LogP contribution in [0.4, 0.5) is 5.82 Å². The third kappa shape index (κ3) is 4.58. The maximum atomic E-state index is 12.8. The molecule has 0 bridgehead atoms. The van der Waals surface area contributed by atoms with Gasteiger partial charge >= 0.3 is 0 Å². The van der Waals surface area contributed by atoms with Crippen LogP contribution in [0.15, 0.2) is 34.0 Å². The largest absolute Gasteiger partial charge is 0.367 e. The summed E-state index contributed by atoms with van der Waals surface area (Å²) in [5.41, 5.74) is 3.10. The average Bonchev–Trinajstić information content (AvgIpc) is 3.01. The highest BCUT2D eigenvalue weighted by Gasteiger charge is 2.32. The summed E-state index contributed by atoms with van der Waals surface area (Å²) in [5, 5.41) is 12.9. The predicted molar refractivity (Wildman–Crippen MR) is 130 cm³/mol. The molecule has 1 fully saturated rings. The SMILES string of the molecule is CCCN1C(=O)/C(=C/c2c(C)c(C#N)c(=O)n(C)c2NCc2ccc(C)cc2)SC1=S. The summed E-state index contributed by atoms with van der Waals surface area (Å²) in [6.45, 7) is 6.81. The lowest BCUT2D eigenvalue weighted by Crippen LogP contribution is -2.28. The number of benzene rings is 1. The molecule has 1 aliphatic rings. The van der Waals surface area contributed by atoms with Crippen molar-refractivity contribution in [2.45, 2.75) is 33.7 Å². The van der Waals surface area contributed by atoms with E-state index in [2.05, 4.69) is 5.32 Å². The van der Waals surface area contributed by atoms with Crippen LogP contribution in [0.3, 0.4) is 0 Å². The molecule has 1 aromatic heterocycles. The van der Waals surface area contributed by atoms with Crippen molar-refractivity contribution < 1.29 is 4.79 Å². The van der Waals surface area contributed by atoms with Crippen molar-refractivity contribution in [1.82, 2.24) is 9.47 Å². The zero-order chi connectivity index (χ0) is 22.7. The third-order valence-corrected chi connectivity index (χ3v) is 6.55. The summed E-state index contributed by atoms with van der Waals surface area (Å²) in [7, 11) is 1.62. The second kappa shape index (κ2) is 9.50. The Bertz CT molecular complexity index is 1170. The number of anilines is 1. The molecule has 1 aromatic carbocycles. The van der Waals surface area contributed by atoms with Crippen molar-refractivity contribution in [3.8, 4) is 6.07 Å². The van der Waals surface area contributed by atoms with Crippen molar-refractivity contribution in [3.05, 3.63) is 67.3 Å². The highest BCUT2D eigenvalue weighted by Crippen LogP contribution is 2.35. The van der Waals surface area contributed by atoms with E-state index in [9.17, 15) is 14.9 Å². The standard InChI is InChI=1S/C23H24N4O2S2/c1-5-10-27-22(29)19(31-23(27)30)11-17-15(3)18(12-24)21(28)26(4)20(17)25-13-16-8-6-14(2)7-9-16/h6-9,11,25H,5,10,13H2,1-4H3/b19-11-. The van der Waals surface area contributed by atoms with E-state index in [4.69, 9.17) is 12.2 Å². The molecule has 0 spiro atoms. The Labute approximate surface area is 191 Å². The van der Waals surface area contributed by atoms with Crippen LogP contribution >= 0.6 is 24.0 Å². The van der Waals surface area contributed by atoms with Gasteiger partial charge < -0.3 is 5.32 Å². The number of carbonyl (C=O) groups is 1. The average molecular weight is 453 g/mol. The molecule has 0 atom stereocenters. The quantitative estimate of drug-likeness (QED) is 0.525. The Morgan fingerprint density at radius 1 is 1.23 bits per heavy atom. The Morgan fingerprint density at radius 3 is 2.52 bits per heavy atom. The number of nitriles is 1. The first-order valence-corrected chi connectivity index (χ1v) is 11.2. The van der Waals surface area contributed by atoms with Gasteiger partial charge in [-0.15, -0.1) is 0 Å². The number of thioether (sulfide) groups is 1. The lowest BCUT2D eigenvalue weighted by molar-refractivity contribution is -0.122. The summed E-state index contributed by atoms with van der Waals surface area (Å²) in [6, 6.07) is 10.1. The molecular weight excluding hydrogens is 428 g/mol. The smallest absolute Gasteiger partial charge is 0.270 e. The molecule has 1 aliphatic heterocycles. The van der Waals surface area contributed by atoms with E-state index in [1.54, 1.807) is 24.9 Å². The van der Waals surface area contributed by atoms with Gasteiger partial charge in [-0.25, -0.2) is 0 Å². The summed E-state index contributed by atoms with van der Waals surface area (Å²) >= 11 is 6.61. The van der Waals surface area contributed by atoms with Crippen LogP contribution in [0, 0.1) is 25.2 Å². The number of carbonyl (C=O) groups excluding carboxylic acids is 1. The van der Waals surface area contributed by atoms with Crippen LogP contribution in [0.25, 0.3) is 6.08 Å². The van der Waals surface area contributed by atoms with Crippen molar-refractivity contribution in [1.29, 1.82) is 5.26 Å². The van der Waals surface area contributed by atoms with Crippen LogP contribution in [0.1, 0.15) is 41.2 Å². The number of pyridine rings is 1. The van der Waals surface area contributed by atoms with E-state index in [0.717, 1.165) is 12.0 Å². The maximum absolute atomic E-state index is 12.8. The van der Waals surface area contributed by atoms with E-state index in [1.165, 1.54) is 21.9 Å². The number of nitrogens with one attached hydrogen (secondary N) is 1. The van der Waals surface area contributed by atoms with E-state index in [-0.39, 0.29) is 17.0 Å². The summed E-state index contributed by atoms with van der Waals surface area (Å²) in [4.78, 5) is 27.6. The van der Waals surface area contributed by atoms with Gasteiger partial charge in [0.25, 0.3) is 11.5 Å². The maximum Gasteiger partial charge on any atom is 0.270 e. The number of hydrogen-bond donors (Lipinski definition) is 1. The Morgan fingerprint density at radius 2 is 1.90 bits per heavy atom. The molecule has 31 heavy (non-hydrogen) atoms. The fraction of sp³-hybridized carbons (Fsp3) is 0.304. The lowest BCUT2D eigenvalue weighted by atomic mass is 10.0. The molecule has 6 nitrogen and oxygen atoms in total. The number of rotatable bonds is 6. The fourth-order valence-corrected chi connectivity index (χ4v) is 4.67. The van der Waals surface area contributed by atoms with Gasteiger partial charge in [-0.1, -0.05) is 60.7 Å². The molecule has 2 heterocycles. The summed E-state index contributed by atoms with van der Waals surface area (Å²) in [5.74, 6) is 0.413. The molecule has 0 unspecified atom stereocenters. The van der Waals surface area contributed by atoms with Crippen LogP contribution in [-0.4, -0.2) is 26.2 Å². The van der Waals surface area contributed by atoms with Gasteiger partial charge in [0.2, 0.25) is 0 Å². The van der Waals surface area contributed by atoms with E-state index < -0.39 is 0 Å². The van der Waals surface area contributed by atoms with Crippen molar-refractivity contribution >= 4 is 46.1 Å². The molecule has 0 radical (unpaired) electrons. The number of hydrogen-bond acceptors (Lipinski definition) is 6. The van der Waals surface area contributed by atoms with Gasteiger partial charge in [-0.05, 0) is 37.5 Å². The Hall–Kier alpha value is -2.89. The summed E-state index contributed by atoms with van der Waals surface area (Å²) < 4.78 is 1.95. The molecule has 1 amide bonds. The van der Waals surface area contributed by atoms with E-state index in [0.29, 0.717) is 39.3 Å². The number of amides is 1. The number of thiocarbonyl (C=S) groups is 1.